The number of pyridine rings is 1. The second-order valence-corrected chi connectivity index (χ2v) is 9.65. The molecule has 1 aliphatic heterocycles. The number of aromatic nitrogens is 1. The van der Waals surface area contributed by atoms with Gasteiger partial charge >= 0.3 is 0 Å². The van der Waals surface area contributed by atoms with Gasteiger partial charge in [0.25, 0.3) is 11.8 Å². The van der Waals surface area contributed by atoms with Gasteiger partial charge in [0.1, 0.15) is 12.4 Å². The fourth-order valence-electron chi connectivity index (χ4n) is 4.66. The summed E-state index contributed by atoms with van der Waals surface area (Å²) in [7, 11) is 1.64. The number of fused-ring (bicyclic) bond motifs is 1. The number of ether oxygens (including phenoxy) is 2. The summed E-state index contributed by atoms with van der Waals surface area (Å²) in [4.78, 5) is 32.6. The van der Waals surface area contributed by atoms with E-state index in [0.29, 0.717) is 44.0 Å². The lowest BCUT2D eigenvalue weighted by Gasteiger charge is -2.27. The molecule has 39 heavy (non-hydrogen) atoms. The van der Waals surface area contributed by atoms with Crippen LogP contribution in [0.5, 0.6) is 5.75 Å². The fraction of sp³-hybridized carbons (Fsp3) is 0.387. The van der Waals surface area contributed by atoms with Gasteiger partial charge in [-0.1, -0.05) is 31.4 Å². The molecule has 0 radical (unpaired) electrons. The Hall–Kier alpha value is -3.75. The molecule has 2 aromatic carbocycles. The monoisotopic (exact) mass is 530 g/mol. The van der Waals surface area contributed by atoms with Crippen LogP contribution in [-0.2, 0) is 17.8 Å². The van der Waals surface area contributed by atoms with E-state index < -0.39 is 0 Å². The smallest absolute Gasteiger partial charge is 0.258 e. The minimum atomic E-state index is -0.165. The van der Waals surface area contributed by atoms with Crippen molar-refractivity contribution in [3.8, 4) is 5.75 Å². The van der Waals surface area contributed by atoms with Gasteiger partial charge in [-0.2, -0.15) is 0 Å². The summed E-state index contributed by atoms with van der Waals surface area (Å²) in [6.07, 6.45) is 8.73. The summed E-state index contributed by atoms with van der Waals surface area (Å²) >= 11 is 0. The largest absolute Gasteiger partial charge is 0.491 e. The second kappa shape index (κ2) is 15.0. The lowest BCUT2D eigenvalue weighted by atomic mass is 10.0. The van der Waals surface area contributed by atoms with E-state index in [1.54, 1.807) is 37.7 Å². The molecule has 8 nitrogen and oxygen atoms in total. The quantitative estimate of drug-likeness (QED) is 0.409. The maximum absolute atomic E-state index is 13.5. The van der Waals surface area contributed by atoms with Crippen LogP contribution in [0, 0.1) is 0 Å². The van der Waals surface area contributed by atoms with Crippen LogP contribution in [0.25, 0.3) is 0 Å². The Bertz CT molecular complexity index is 1220. The normalized spacial score (nSPS) is 14.4. The molecule has 0 unspecified atom stereocenters. The number of carbonyl (C=O) groups is 2. The number of carbonyl (C=O) groups excluding carboxylic acids is 2. The Morgan fingerprint density at radius 1 is 0.949 bits per heavy atom. The number of nitrogens with zero attached hydrogens (tertiary/aromatic N) is 2. The van der Waals surface area contributed by atoms with Crippen molar-refractivity contribution in [2.45, 2.75) is 45.2 Å². The molecular formula is C31H38N4O4. The van der Waals surface area contributed by atoms with Gasteiger partial charge in [-0.3, -0.25) is 14.6 Å². The highest BCUT2D eigenvalue weighted by molar-refractivity contribution is 6.06. The molecule has 0 saturated carbocycles. The molecule has 2 N–H and O–H groups in total. The highest BCUT2D eigenvalue weighted by Gasteiger charge is 2.21. The Kier molecular flexibility index (Phi) is 10.9. The Balaban J connectivity index is 1.52. The maximum Gasteiger partial charge on any atom is 0.258 e. The van der Waals surface area contributed by atoms with Crippen molar-refractivity contribution in [1.82, 2.24) is 15.6 Å². The van der Waals surface area contributed by atoms with E-state index >= 15 is 0 Å². The molecular weight excluding hydrogens is 492 g/mol. The van der Waals surface area contributed by atoms with E-state index in [0.717, 1.165) is 54.8 Å². The van der Waals surface area contributed by atoms with Gasteiger partial charge in [-0.05, 0) is 73.0 Å². The molecule has 206 valence electrons. The molecule has 8 heteroatoms. The first-order valence-corrected chi connectivity index (χ1v) is 13.7. The van der Waals surface area contributed by atoms with Gasteiger partial charge in [0.15, 0.2) is 0 Å². The molecule has 0 aliphatic carbocycles. The number of anilines is 1. The van der Waals surface area contributed by atoms with Crippen LogP contribution in [0.1, 0.15) is 63.9 Å². The van der Waals surface area contributed by atoms with E-state index in [-0.39, 0.29) is 11.8 Å². The molecule has 2 amide bonds. The van der Waals surface area contributed by atoms with E-state index in [1.165, 1.54) is 6.42 Å². The first kappa shape index (κ1) is 28.3. The van der Waals surface area contributed by atoms with Crippen LogP contribution in [0.4, 0.5) is 5.69 Å². The highest BCUT2D eigenvalue weighted by Crippen LogP contribution is 2.26. The molecule has 0 saturated heterocycles. The third-order valence-corrected chi connectivity index (χ3v) is 6.76. The first-order valence-electron chi connectivity index (χ1n) is 13.7. The number of nitrogens with one attached hydrogen (secondary N) is 2. The number of amides is 2. The van der Waals surface area contributed by atoms with Crippen molar-refractivity contribution in [1.29, 1.82) is 0 Å². The molecule has 0 atom stereocenters. The van der Waals surface area contributed by atoms with Crippen LogP contribution < -0.4 is 20.3 Å². The van der Waals surface area contributed by atoms with E-state index in [4.69, 9.17) is 9.47 Å². The average molecular weight is 531 g/mol. The summed E-state index contributed by atoms with van der Waals surface area (Å²) in [5, 5.41) is 6.53. The SMILES string of the molecule is COCCOc1cccc(CNC(=O)c2ccc3c(c2)CNCCCCCCCN3C(=O)c2ccncc2)c1. The third-order valence-electron chi connectivity index (χ3n) is 6.76. The fourth-order valence-corrected chi connectivity index (χ4v) is 4.66. The predicted octanol–water partition coefficient (Wildman–Crippen LogP) is 4.74. The van der Waals surface area contributed by atoms with Gasteiger partial charge in [0.2, 0.25) is 0 Å². The van der Waals surface area contributed by atoms with Gasteiger partial charge in [0, 0.05) is 56.0 Å². The molecule has 3 aromatic rings. The summed E-state index contributed by atoms with van der Waals surface area (Å²) < 4.78 is 10.7. The van der Waals surface area contributed by atoms with Gasteiger partial charge in [0.05, 0.1) is 6.61 Å². The highest BCUT2D eigenvalue weighted by atomic mass is 16.5. The molecule has 1 aliphatic rings. The molecule has 0 spiro atoms. The lowest BCUT2D eigenvalue weighted by molar-refractivity contribution is 0.0949. The second-order valence-electron chi connectivity index (χ2n) is 9.65. The van der Waals surface area contributed by atoms with Crippen molar-refractivity contribution in [2.75, 3.05) is 38.3 Å². The number of methoxy groups -OCH3 is 1. The minimum Gasteiger partial charge on any atom is -0.491 e. The number of hydrogen-bond donors (Lipinski definition) is 2. The standard InChI is InChI=1S/C31H38N4O4/c1-38-18-19-39-28-9-7-8-24(20-28)22-34-30(36)26-10-11-29-27(21-26)23-33-14-5-3-2-4-6-17-35(29)31(37)25-12-15-32-16-13-25/h7-13,15-16,20-21,33H,2-6,14,17-19,22-23H2,1H3,(H,34,36). The molecule has 0 bridgehead atoms. The average Bonchev–Trinajstić information content (AvgIpc) is 2.97. The zero-order chi connectivity index (χ0) is 27.3. The maximum atomic E-state index is 13.5. The zero-order valence-electron chi connectivity index (χ0n) is 22.7. The molecule has 1 aromatic heterocycles. The Labute approximate surface area is 230 Å². The van der Waals surface area contributed by atoms with E-state index in [2.05, 4.69) is 15.6 Å². The summed E-state index contributed by atoms with van der Waals surface area (Å²) in [6.45, 7) is 3.47. The number of rotatable bonds is 8. The first-order chi connectivity index (χ1) is 19.2. The van der Waals surface area contributed by atoms with Gasteiger partial charge < -0.3 is 25.0 Å². The van der Waals surface area contributed by atoms with Crippen LogP contribution in [0.15, 0.2) is 67.0 Å². The number of benzene rings is 2. The van der Waals surface area contributed by atoms with Crippen LogP contribution in [0.2, 0.25) is 0 Å². The van der Waals surface area contributed by atoms with Crippen LogP contribution in [0.3, 0.4) is 0 Å². The summed E-state index contributed by atoms with van der Waals surface area (Å²) in [5.41, 5.74) is 3.87. The van der Waals surface area contributed by atoms with Crippen molar-refractivity contribution >= 4 is 17.5 Å². The lowest BCUT2D eigenvalue weighted by Crippen LogP contribution is -2.34. The molecule has 0 fully saturated rings. The molecule has 2 heterocycles. The van der Waals surface area contributed by atoms with Gasteiger partial charge in [-0.25, -0.2) is 0 Å². The minimum absolute atomic E-state index is 0.0551. The van der Waals surface area contributed by atoms with Crippen LogP contribution in [-0.4, -0.2) is 50.2 Å². The zero-order valence-corrected chi connectivity index (χ0v) is 22.7. The Morgan fingerprint density at radius 2 is 1.77 bits per heavy atom. The van der Waals surface area contributed by atoms with Crippen LogP contribution >= 0.6 is 0 Å². The summed E-state index contributed by atoms with van der Waals surface area (Å²) in [5.74, 6) is 0.519. The third kappa shape index (κ3) is 8.37. The molecule has 4 rings (SSSR count). The van der Waals surface area contributed by atoms with Crippen molar-refractivity contribution in [3.05, 3.63) is 89.2 Å². The van der Waals surface area contributed by atoms with E-state index in [1.807, 2.05) is 41.3 Å². The van der Waals surface area contributed by atoms with Crippen molar-refractivity contribution in [3.63, 3.8) is 0 Å². The number of hydrogen-bond acceptors (Lipinski definition) is 6. The predicted molar refractivity (Wildman–Crippen MR) is 152 cm³/mol. The van der Waals surface area contributed by atoms with Gasteiger partial charge in [-0.15, -0.1) is 0 Å². The summed E-state index contributed by atoms with van der Waals surface area (Å²) in [6, 6.07) is 16.8. The van der Waals surface area contributed by atoms with E-state index in [9.17, 15) is 9.59 Å². The van der Waals surface area contributed by atoms with Crippen molar-refractivity contribution in [2.24, 2.45) is 0 Å². The Morgan fingerprint density at radius 3 is 2.62 bits per heavy atom. The topological polar surface area (TPSA) is 92.8 Å². The van der Waals surface area contributed by atoms with Crippen molar-refractivity contribution < 1.29 is 19.1 Å².